The van der Waals surface area contributed by atoms with Crippen molar-refractivity contribution in [1.29, 1.82) is 0 Å². The van der Waals surface area contributed by atoms with Crippen LogP contribution in [-0.2, 0) is 0 Å². The number of rotatable bonds is 4. The van der Waals surface area contributed by atoms with E-state index in [0.717, 1.165) is 28.0 Å². The van der Waals surface area contributed by atoms with Gasteiger partial charge in [-0.05, 0) is 35.9 Å². The van der Waals surface area contributed by atoms with Crippen LogP contribution in [0.2, 0.25) is 0 Å². The predicted octanol–water partition coefficient (Wildman–Crippen LogP) is 5.54. The molecule has 1 heterocycles. The average Bonchev–Trinajstić information content (AvgIpc) is 2.68. The zero-order valence-electron chi connectivity index (χ0n) is 13.6. The molecule has 0 spiro atoms. The van der Waals surface area contributed by atoms with E-state index in [-0.39, 0.29) is 0 Å². The molecule has 0 aliphatic carbocycles. The van der Waals surface area contributed by atoms with E-state index in [9.17, 15) is 0 Å². The van der Waals surface area contributed by atoms with Crippen molar-refractivity contribution >= 4 is 34.6 Å². The van der Waals surface area contributed by atoms with Crippen LogP contribution in [-0.4, -0.2) is 9.97 Å². The first kappa shape index (κ1) is 15.1. The van der Waals surface area contributed by atoms with E-state index in [4.69, 9.17) is 4.98 Å². The van der Waals surface area contributed by atoms with Crippen LogP contribution in [0.25, 0.3) is 23.1 Å². The molecule has 0 bridgehead atoms. The van der Waals surface area contributed by atoms with E-state index in [0.29, 0.717) is 5.82 Å². The van der Waals surface area contributed by atoms with Gasteiger partial charge in [0.2, 0.25) is 0 Å². The van der Waals surface area contributed by atoms with E-state index in [2.05, 4.69) is 22.4 Å². The molecule has 4 aromatic rings. The molecule has 4 rings (SSSR count). The van der Waals surface area contributed by atoms with Gasteiger partial charge < -0.3 is 5.32 Å². The summed E-state index contributed by atoms with van der Waals surface area (Å²) in [6, 6.07) is 28.2. The minimum absolute atomic E-state index is 0.681. The van der Waals surface area contributed by atoms with Gasteiger partial charge >= 0.3 is 0 Å². The molecule has 0 fully saturated rings. The first-order valence-electron chi connectivity index (χ1n) is 8.20. The number of aromatic nitrogens is 2. The summed E-state index contributed by atoms with van der Waals surface area (Å²) < 4.78 is 0. The lowest BCUT2D eigenvalue weighted by atomic mass is 10.2. The summed E-state index contributed by atoms with van der Waals surface area (Å²) in [5.41, 5.74) is 3.05. The van der Waals surface area contributed by atoms with Gasteiger partial charge in [-0.25, -0.2) is 9.97 Å². The van der Waals surface area contributed by atoms with E-state index in [1.54, 1.807) is 0 Å². The fourth-order valence-corrected chi connectivity index (χ4v) is 2.66. The number of fused-ring (bicyclic) bond motifs is 1. The molecule has 0 amide bonds. The maximum atomic E-state index is 4.70. The number of benzene rings is 3. The molecule has 0 atom stereocenters. The monoisotopic (exact) mass is 323 g/mol. The summed E-state index contributed by atoms with van der Waals surface area (Å²) >= 11 is 0. The second-order valence-corrected chi connectivity index (χ2v) is 5.68. The number of para-hydroxylation sites is 2. The normalized spacial score (nSPS) is 11.0. The standard InChI is InChI=1S/C22H17N3/c1-3-9-17(10-4-1)15-16-21-24-20-14-8-7-13-19(20)22(25-21)23-18-11-5-2-6-12-18/h1-16H,(H,23,24,25)/b16-15+. The van der Waals surface area contributed by atoms with E-state index in [1.165, 1.54) is 0 Å². The minimum Gasteiger partial charge on any atom is -0.340 e. The Hall–Kier alpha value is -3.46. The van der Waals surface area contributed by atoms with E-state index < -0.39 is 0 Å². The SMILES string of the molecule is C(=C\c1nc(Nc2ccccc2)c2ccccc2n1)/c1ccccc1. The molecule has 3 heteroatoms. The third-order valence-electron chi connectivity index (χ3n) is 3.88. The van der Waals surface area contributed by atoms with Crippen molar-refractivity contribution < 1.29 is 0 Å². The Morgan fingerprint density at radius 2 is 1.32 bits per heavy atom. The number of hydrogen-bond donors (Lipinski definition) is 1. The number of hydrogen-bond acceptors (Lipinski definition) is 3. The highest BCUT2D eigenvalue weighted by atomic mass is 15.0. The molecule has 3 nitrogen and oxygen atoms in total. The highest BCUT2D eigenvalue weighted by Gasteiger charge is 2.06. The molecule has 0 saturated heterocycles. The van der Waals surface area contributed by atoms with Gasteiger partial charge in [-0.2, -0.15) is 0 Å². The lowest BCUT2D eigenvalue weighted by molar-refractivity contribution is 1.18. The fraction of sp³-hybridized carbons (Fsp3) is 0. The first-order chi connectivity index (χ1) is 12.4. The summed E-state index contributed by atoms with van der Waals surface area (Å²) in [6.07, 6.45) is 3.97. The largest absolute Gasteiger partial charge is 0.340 e. The molecule has 0 radical (unpaired) electrons. The summed E-state index contributed by atoms with van der Waals surface area (Å²) in [6.45, 7) is 0. The van der Waals surface area contributed by atoms with Crippen LogP contribution in [0.3, 0.4) is 0 Å². The molecule has 0 saturated carbocycles. The smallest absolute Gasteiger partial charge is 0.154 e. The Morgan fingerprint density at radius 1 is 0.640 bits per heavy atom. The molecule has 1 aromatic heterocycles. The Labute approximate surface area is 146 Å². The summed E-state index contributed by atoms with van der Waals surface area (Å²) in [5, 5.41) is 4.40. The number of anilines is 2. The van der Waals surface area contributed by atoms with Crippen molar-refractivity contribution in [1.82, 2.24) is 9.97 Å². The lowest BCUT2D eigenvalue weighted by Gasteiger charge is -2.09. The molecule has 0 aliphatic heterocycles. The molecule has 120 valence electrons. The van der Waals surface area contributed by atoms with Gasteiger partial charge in [-0.15, -0.1) is 0 Å². The van der Waals surface area contributed by atoms with Gasteiger partial charge in [0.15, 0.2) is 5.82 Å². The number of nitrogens with zero attached hydrogens (tertiary/aromatic N) is 2. The fourth-order valence-electron chi connectivity index (χ4n) is 2.66. The van der Waals surface area contributed by atoms with Crippen LogP contribution < -0.4 is 5.32 Å². The second-order valence-electron chi connectivity index (χ2n) is 5.68. The summed E-state index contributed by atoms with van der Waals surface area (Å²) in [4.78, 5) is 9.36. The van der Waals surface area contributed by atoms with Crippen LogP contribution in [0.4, 0.5) is 11.5 Å². The molecular weight excluding hydrogens is 306 g/mol. The Bertz CT molecular complexity index is 1010. The molecule has 25 heavy (non-hydrogen) atoms. The Kier molecular flexibility index (Phi) is 4.21. The van der Waals surface area contributed by atoms with Crippen molar-refractivity contribution in [3.8, 4) is 0 Å². The minimum atomic E-state index is 0.681. The van der Waals surface area contributed by atoms with Gasteiger partial charge in [0.1, 0.15) is 5.82 Å². The first-order valence-corrected chi connectivity index (χ1v) is 8.20. The highest BCUT2D eigenvalue weighted by molar-refractivity contribution is 5.91. The topological polar surface area (TPSA) is 37.8 Å². The van der Waals surface area contributed by atoms with Gasteiger partial charge in [0, 0.05) is 11.1 Å². The second kappa shape index (κ2) is 6.97. The summed E-state index contributed by atoms with van der Waals surface area (Å²) in [7, 11) is 0. The van der Waals surface area contributed by atoms with Crippen LogP contribution in [0.1, 0.15) is 11.4 Å². The maximum Gasteiger partial charge on any atom is 0.154 e. The van der Waals surface area contributed by atoms with Crippen molar-refractivity contribution in [2.75, 3.05) is 5.32 Å². The van der Waals surface area contributed by atoms with Gasteiger partial charge in [0.25, 0.3) is 0 Å². The molecule has 1 N–H and O–H groups in total. The zero-order chi connectivity index (χ0) is 16.9. The number of nitrogens with one attached hydrogen (secondary N) is 1. The van der Waals surface area contributed by atoms with Crippen LogP contribution >= 0.6 is 0 Å². The van der Waals surface area contributed by atoms with Gasteiger partial charge in [0.05, 0.1) is 5.52 Å². The van der Waals surface area contributed by atoms with Gasteiger partial charge in [-0.1, -0.05) is 66.7 Å². The third-order valence-corrected chi connectivity index (χ3v) is 3.88. The molecule has 3 aromatic carbocycles. The quantitative estimate of drug-likeness (QED) is 0.535. The van der Waals surface area contributed by atoms with Crippen molar-refractivity contribution in [2.45, 2.75) is 0 Å². The van der Waals surface area contributed by atoms with Crippen molar-refractivity contribution in [3.05, 3.63) is 96.3 Å². The zero-order valence-corrected chi connectivity index (χ0v) is 13.6. The Morgan fingerprint density at radius 3 is 2.12 bits per heavy atom. The third kappa shape index (κ3) is 3.56. The van der Waals surface area contributed by atoms with E-state index >= 15 is 0 Å². The van der Waals surface area contributed by atoms with Crippen molar-refractivity contribution in [3.63, 3.8) is 0 Å². The molecule has 0 aliphatic rings. The summed E-state index contributed by atoms with van der Waals surface area (Å²) in [5.74, 6) is 1.49. The average molecular weight is 323 g/mol. The predicted molar refractivity (Wildman–Crippen MR) is 105 cm³/mol. The molecule has 0 unspecified atom stereocenters. The Balaban J connectivity index is 1.74. The van der Waals surface area contributed by atoms with Crippen LogP contribution in [0.15, 0.2) is 84.9 Å². The van der Waals surface area contributed by atoms with E-state index in [1.807, 2.05) is 84.9 Å². The van der Waals surface area contributed by atoms with Crippen molar-refractivity contribution in [2.24, 2.45) is 0 Å². The highest BCUT2D eigenvalue weighted by Crippen LogP contribution is 2.24. The van der Waals surface area contributed by atoms with Crippen LogP contribution in [0.5, 0.6) is 0 Å². The van der Waals surface area contributed by atoms with Gasteiger partial charge in [-0.3, -0.25) is 0 Å². The molecular formula is C22H17N3. The maximum absolute atomic E-state index is 4.70. The lowest BCUT2D eigenvalue weighted by Crippen LogP contribution is -1.98. The van der Waals surface area contributed by atoms with Crippen LogP contribution in [0, 0.1) is 0 Å².